The topological polar surface area (TPSA) is 12.9 Å². The summed E-state index contributed by atoms with van der Waals surface area (Å²) in [4.78, 5) is 3.93. The highest BCUT2D eigenvalue weighted by Gasteiger charge is 2.10. The Bertz CT molecular complexity index is 514. The number of nitrogens with zero attached hydrogens (tertiary/aromatic N) is 1. The molecule has 0 fully saturated rings. The zero-order valence-electron chi connectivity index (χ0n) is 8.25. The van der Waals surface area contributed by atoms with Crippen molar-refractivity contribution in [3.05, 3.63) is 53.9 Å². The van der Waals surface area contributed by atoms with E-state index in [9.17, 15) is 8.78 Å². The maximum atomic E-state index is 13.6. The summed E-state index contributed by atoms with van der Waals surface area (Å²) in [6, 6.07) is 7.55. The summed E-state index contributed by atoms with van der Waals surface area (Å²) in [5.41, 5.74) is 1.46. The number of rotatable bonds is 2. The Morgan fingerprint density at radius 2 is 1.88 bits per heavy atom. The molecule has 0 N–H and O–H groups in total. The normalized spacial score (nSPS) is 10.4. The fraction of sp³-hybridized carbons (Fsp3) is 0.0833. The highest BCUT2D eigenvalue weighted by molar-refractivity contribution is 9.08. The Morgan fingerprint density at radius 3 is 2.56 bits per heavy atom. The zero-order valence-corrected chi connectivity index (χ0v) is 9.84. The molecule has 1 nitrogen and oxygen atoms in total. The van der Waals surface area contributed by atoms with Gasteiger partial charge in [0.05, 0.1) is 11.9 Å². The van der Waals surface area contributed by atoms with E-state index in [1.807, 2.05) is 0 Å². The lowest BCUT2D eigenvalue weighted by molar-refractivity contribution is 0.618. The maximum Gasteiger partial charge on any atom is 0.142 e. The molecule has 0 bridgehead atoms. The van der Waals surface area contributed by atoms with E-state index in [-0.39, 0.29) is 5.82 Å². The second-order valence-corrected chi connectivity index (χ2v) is 3.82. The van der Waals surface area contributed by atoms with Gasteiger partial charge in [0.25, 0.3) is 0 Å². The Kier molecular flexibility index (Phi) is 3.29. The highest BCUT2D eigenvalue weighted by atomic mass is 79.9. The lowest BCUT2D eigenvalue weighted by atomic mass is 10.0. The monoisotopic (exact) mass is 283 g/mol. The predicted molar refractivity (Wildman–Crippen MR) is 62.2 cm³/mol. The van der Waals surface area contributed by atoms with E-state index in [1.54, 1.807) is 18.2 Å². The van der Waals surface area contributed by atoms with Gasteiger partial charge < -0.3 is 0 Å². The van der Waals surface area contributed by atoms with Crippen LogP contribution in [0.5, 0.6) is 0 Å². The van der Waals surface area contributed by atoms with Crippen molar-refractivity contribution in [2.45, 2.75) is 5.33 Å². The summed E-state index contributed by atoms with van der Waals surface area (Å²) in [5, 5.41) is 0.455. The van der Waals surface area contributed by atoms with Gasteiger partial charge in [0.2, 0.25) is 0 Å². The fourth-order valence-electron chi connectivity index (χ4n) is 1.49. The summed E-state index contributed by atoms with van der Waals surface area (Å²) in [6.07, 6.45) is 1.13. The molecule has 2 rings (SSSR count). The van der Waals surface area contributed by atoms with Crippen molar-refractivity contribution in [1.82, 2.24) is 4.98 Å². The summed E-state index contributed by atoms with van der Waals surface area (Å²) in [7, 11) is 0. The zero-order chi connectivity index (χ0) is 11.5. The van der Waals surface area contributed by atoms with Crippen LogP contribution in [0.3, 0.4) is 0 Å². The molecule has 0 saturated heterocycles. The van der Waals surface area contributed by atoms with Crippen molar-refractivity contribution in [2.75, 3.05) is 0 Å². The molecule has 16 heavy (non-hydrogen) atoms. The standard InChI is InChI=1S/C12H8BrF2N/c13-6-12-10(5-8(14)7-16-12)9-3-1-2-4-11(9)15/h1-5,7H,6H2. The summed E-state index contributed by atoms with van der Waals surface area (Å²) < 4.78 is 26.7. The first-order chi connectivity index (χ1) is 7.72. The van der Waals surface area contributed by atoms with E-state index in [2.05, 4.69) is 20.9 Å². The molecule has 0 amide bonds. The highest BCUT2D eigenvalue weighted by Crippen LogP contribution is 2.26. The number of aromatic nitrogens is 1. The van der Waals surface area contributed by atoms with Crippen molar-refractivity contribution in [1.29, 1.82) is 0 Å². The average molecular weight is 284 g/mol. The molecular weight excluding hydrogens is 276 g/mol. The van der Waals surface area contributed by atoms with E-state index in [0.29, 0.717) is 22.2 Å². The van der Waals surface area contributed by atoms with Crippen LogP contribution in [-0.4, -0.2) is 4.98 Å². The van der Waals surface area contributed by atoms with Crippen LogP contribution in [-0.2, 0) is 5.33 Å². The largest absolute Gasteiger partial charge is 0.257 e. The molecule has 0 radical (unpaired) electrons. The van der Waals surface area contributed by atoms with Crippen molar-refractivity contribution >= 4 is 15.9 Å². The third-order valence-electron chi connectivity index (χ3n) is 2.23. The minimum Gasteiger partial charge on any atom is -0.257 e. The van der Waals surface area contributed by atoms with E-state index < -0.39 is 5.82 Å². The number of alkyl halides is 1. The van der Waals surface area contributed by atoms with Crippen LogP contribution in [0.4, 0.5) is 8.78 Å². The van der Waals surface area contributed by atoms with Crippen molar-refractivity contribution in [2.24, 2.45) is 0 Å². The molecule has 0 unspecified atom stereocenters. The summed E-state index contributed by atoms with van der Waals surface area (Å²) in [6.45, 7) is 0. The van der Waals surface area contributed by atoms with Gasteiger partial charge in [-0.1, -0.05) is 34.1 Å². The van der Waals surface area contributed by atoms with Gasteiger partial charge in [-0.2, -0.15) is 0 Å². The molecule has 0 spiro atoms. The molecule has 0 atom stereocenters. The average Bonchev–Trinajstić information content (AvgIpc) is 2.29. The molecule has 0 aliphatic carbocycles. The Morgan fingerprint density at radius 1 is 1.12 bits per heavy atom. The quantitative estimate of drug-likeness (QED) is 0.762. The number of hydrogen-bond acceptors (Lipinski definition) is 1. The number of benzene rings is 1. The lowest BCUT2D eigenvalue weighted by Gasteiger charge is -2.07. The molecule has 0 aliphatic rings. The second-order valence-electron chi connectivity index (χ2n) is 3.26. The van der Waals surface area contributed by atoms with Crippen molar-refractivity contribution < 1.29 is 8.78 Å². The summed E-state index contributed by atoms with van der Waals surface area (Å²) >= 11 is 3.25. The Labute approximate surface area is 100 Å². The molecular formula is C12H8BrF2N. The second kappa shape index (κ2) is 4.70. The van der Waals surface area contributed by atoms with Crippen LogP contribution < -0.4 is 0 Å². The van der Waals surface area contributed by atoms with Gasteiger partial charge in [0.1, 0.15) is 11.6 Å². The first kappa shape index (κ1) is 11.2. The van der Waals surface area contributed by atoms with Crippen molar-refractivity contribution in [3.63, 3.8) is 0 Å². The van der Waals surface area contributed by atoms with Crippen LogP contribution >= 0.6 is 15.9 Å². The maximum absolute atomic E-state index is 13.6. The molecule has 1 aromatic carbocycles. The van der Waals surface area contributed by atoms with E-state index in [4.69, 9.17) is 0 Å². The number of halogens is 3. The lowest BCUT2D eigenvalue weighted by Crippen LogP contribution is -1.94. The fourth-order valence-corrected chi connectivity index (χ4v) is 1.93. The van der Waals surface area contributed by atoms with Gasteiger partial charge in [-0.05, 0) is 12.1 Å². The third kappa shape index (κ3) is 2.11. The first-order valence-corrected chi connectivity index (χ1v) is 5.80. The molecule has 2 aromatic rings. The molecule has 82 valence electrons. The van der Waals surface area contributed by atoms with E-state index >= 15 is 0 Å². The van der Waals surface area contributed by atoms with E-state index in [1.165, 1.54) is 12.1 Å². The van der Waals surface area contributed by atoms with Crippen molar-refractivity contribution in [3.8, 4) is 11.1 Å². The van der Waals surface area contributed by atoms with Gasteiger partial charge in [-0.15, -0.1) is 0 Å². The molecule has 1 aromatic heterocycles. The minimum atomic E-state index is -0.469. The molecule has 0 saturated carbocycles. The number of hydrogen-bond donors (Lipinski definition) is 0. The van der Waals surface area contributed by atoms with Crippen LogP contribution in [0.15, 0.2) is 36.5 Å². The SMILES string of the molecule is Fc1cnc(CBr)c(-c2ccccc2F)c1. The third-order valence-corrected chi connectivity index (χ3v) is 2.76. The van der Waals surface area contributed by atoms with Crippen LogP contribution in [0.25, 0.3) is 11.1 Å². The summed E-state index contributed by atoms with van der Waals surface area (Å²) in [5.74, 6) is -0.847. The van der Waals surface area contributed by atoms with Crippen LogP contribution in [0.1, 0.15) is 5.69 Å². The van der Waals surface area contributed by atoms with Gasteiger partial charge in [-0.3, -0.25) is 4.98 Å². The van der Waals surface area contributed by atoms with Gasteiger partial charge in [0, 0.05) is 16.5 Å². The first-order valence-electron chi connectivity index (χ1n) is 4.67. The molecule has 1 heterocycles. The minimum absolute atomic E-state index is 0.365. The Hall–Kier alpha value is -1.29. The smallest absolute Gasteiger partial charge is 0.142 e. The Balaban J connectivity index is 2.63. The number of pyridine rings is 1. The van der Waals surface area contributed by atoms with Crippen LogP contribution in [0.2, 0.25) is 0 Å². The van der Waals surface area contributed by atoms with Gasteiger partial charge >= 0.3 is 0 Å². The molecule has 0 aliphatic heterocycles. The van der Waals surface area contributed by atoms with Crippen LogP contribution in [0, 0.1) is 11.6 Å². The van der Waals surface area contributed by atoms with E-state index in [0.717, 1.165) is 6.20 Å². The molecule has 4 heteroatoms. The van der Waals surface area contributed by atoms with Gasteiger partial charge in [-0.25, -0.2) is 8.78 Å². The predicted octanol–water partition coefficient (Wildman–Crippen LogP) is 3.92. The van der Waals surface area contributed by atoms with Gasteiger partial charge in [0.15, 0.2) is 0 Å².